The number of nitrogens with one attached hydrogen (secondary N) is 1. The first-order valence-corrected chi connectivity index (χ1v) is 6.21. The zero-order valence-electron chi connectivity index (χ0n) is 10.7. The molecular weight excluding hydrogens is 254 g/mol. The Labute approximate surface area is 110 Å². The van der Waals surface area contributed by atoms with Gasteiger partial charge in [-0.3, -0.25) is 9.59 Å². The van der Waals surface area contributed by atoms with E-state index in [0.717, 1.165) is 17.5 Å². The van der Waals surface area contributed by atoms with E-state index in [1.54, 1.807) is 0 Å². The third-order valence-electron chi connectivity index (χ3n) is 3.30. The Bertz CT molecular complexity index is 543. The number of carbonyl (C=O) groups excluding carboxylic acids is 1. The lowest BCUT2D eigenvalue weighted by Gasteiger charge is -2.41. The summed E-state index contributed by atoms with van der Waals surface area (Å²) < 4.78 is 1.13. The van der Waals surface area contributed by atoms with Crippen LogP contribution in [-0.4, -0.2) is 15.7 Å². The first-order valence-electron chi connectivity index (χ1n) is 5.83. The van der Waals surface area contributed by atoms with Crippen LogP contribution >= 0.6 is 11.6 Å². The van der Waals surface area contributed by atoms with E-state index in [4.69, 9.17) is 11.6 Å². The average molecular weight is 270 g/mol. The number of halogens is 1. The van der Waals surface area contributed by atoms with Crippen LogP contribution in [0.4, 0.5) is 5.69 Å². The van der Waals surface area contributed by atoms with Crippen molar-refractivity contribution in [2.24, 2.45) is 18.4 Å². The molecule has 0 saturated heterocycles. The van der Waals surface area contributed by atoms with Crippen molar-refractivity contribution in [2.45, 2.75) is 26.7 Å². The molecule has 98 valence electrons. The number of amides is 1. The van der Waals surface area contributed by atoms with E-state index in [2.05, 4.69) is 24.3 Å². The number of rotatable bonds is 2. The van der Waals surface area contributed by atoms with E-state index in [0.29, 0.717) is 0 Å². The molecule has 1 aromatic heterocycles. The lowest BCUT2D eigenvalue weighted by molar-refractivity contribution is -0.126. The maximum absolute atomic E-state index is 11.9. The van der Waals surface area contributed by atoms with Gasteiger partial charge in [0.05, 0.1) is 11.9 Å². The Morgan fingerprint density at radius 3 is 2.72 bits per heavy atom. The van der Waals surface area contributed by atoms with Crippen molar-refractivity contribution in [3.05, 3.63) is 21.6 Å². The molecule has 2 rings (SSSR count). The first-order chi connectivity index (χ1) is 8.30. The molecule has 1 saturated carbocycles. The Morgan fingerprint density at radius 2 is 2.17 bits per heavy atom. The van der Waals surface area contributed by atoms with Crippen LogP contribution in [0.1, 0.15) is 26.7 Å². The molecule has 0 bridgehead atoms. The molecule has 0 spiro atoms. The summed E-state index contributed by atoms with van der Waals surface area (Å²) in [6, 6.07) is 0. The van der Waals surface area contributed by atoms with Gasteiger partial charge in [-0.05, 0) is 18.3 Å². The van der Waals surface area contributed by atoms with Crippen LogP contribution in [-0.2, 0) is 11.8 Å². The van der Waals surface area contributed by atoms with E-state index in [9.17, 15) is 9.59 Å². The number of carbonyl (C=O) groups is 1. The monoisotopic (exact) mass is 269 g/mol. The molecule has 0 aromatic carbocycles. The lowest BCUT2D eigenvalue weighted by Crippen LogP contribution is -2.39. The molecule has 1 aromatic rings. The van der Waals surface area contributed by atoms with Crippen molar-refractivity contribution in [1.29, 1.82) is 0 Å². The van der Waals surface area contributed by atoms with Gasteiger partial charge >= 0.3 is 0 Å². The van der Waals surface area contributed by atoms with Gasteiger partial charge in [0, 0.05) is 13.0 Å². The van der Waals surface area contributed by atoms with Gasteiger partial charge in [-0.15, -0.1) is 0 Å². The minimum absolute atomic E-state index is 0.000116. The highest BCUT2D eigenvalue weighted by Crippen LogP contribution is 2.45. The fourth-order valence-corrected chi connectivity index (χ4v) is 2.51. The maximum Gasteiger partial charge on any atom is 0.287 e. The zero-order valence-corrected chi connectivity index (χ0v) is 11.4. The SMILES string of the molecule is Cn1ncc(NC(=O)C2CC(C)(C)C2)c(Cl)c1=O. The van der Waals surface area contributed by atoms with Crippen molar-refractivity contribution in [3.63, 3.8) is 0 Å². The van der Waals surface area contributed by atoms with Crippen LogP contribution in [0.15, 0.2) is 11.0 Å². The molecule has 5 nitrogen and oxygen atoms in total. The van der Waals surface area contributed by atoms with Gasteiger partial charge in [-0.2, -0.15) is 5.10 Å². The number of hydrogen-bond acceptors (Lipinski definition) is 3. The first kappa shape index (κ1) is 13.1. The molecule has 1 N–H and O–H groups in total. The number of aromatic nitrogens is 2. The summed E-state index contributed by atoms with van der Waals surface area (Å²) >= 11 is 5.88. The van der Waals surface area contributed by atoms with Gasteiger partial charge in [-0.1, -0.05) is 25.4 Å². The standard InChI is InChI=1S/C12H16ClN3O2/c1-12(2)4-7(5-12)10(17)15-8-6-14-16(3)11(18)9(8)13/h6-7H,4-5H2,1-3H3,(H,15,17). The maximum atomic E-state index is 11.9. The summed E-state index contributed by atoms with van der Waals surface area (Å²) in [6.45, 7) is 4.26. The molecule has 0 radical (unpaired) electrons. The van der Waals surface area contributed by atoms with Gasteiger partial charge in [0.2, 0.25) is 5.91 Å². The van der Waals surface area contributed by atoms with Crippen molar-refractivity contribution in [3.8, 4) is 0 Å². The summed E-state index contributed by atoms with van der Waals surface area (Å²) in [5.74, 6) is -0.0913. The van der Waals surface area contributed by atoms with Gasteiger partial charge in [0.15, 0.2) is 0 Å². The number of anilines is 1. The summed E-state index contributed by atoms with van der Waals surface area (Å²) in [5.41, 5.74) is 0.106. The van der Waals surface area contributed by atoms with E-state index < -0.39 is 5.56 Å². The molecular formula is C12H16ClN3O2. The molecule has 1 aliphatic rings. The summed E-state index contributed by atoms with van der Waals surface area (Å²) in [6.07, 6.45) is 3.11. The highest BCUT2D eigenvalue weighted by molar-refractivity contribution is 6.33. The largest absolute Gasteiger partial charge is 0.323 e. The summed E-state index contributed by atoms with van der Waals surface area (Å²) in [7, 11) is 1.51. The highest BCUT2D eigenvalue weighted by atomic mass is 35.5. The summed E-state index contributed by atoms with van der Waals surface area (Å²) in [4.78, 5) is 23.5. The van der Waals surface area contributed by atoms with Crippen molar-refractivity contribution in [2.75, 3.05) is 5.32 Å². The topological polar surface area (TPSA) is 64.0 Å². The second-order valence-corrected chi connectivity index (χ2v) is 5.94. The van der Waals surface area contributed by atoms with Gasteiger partial charge in [0.1, 0.15) is 5.02 Å². The fraction of sp³-hybridized carbons (Fsp3) is 0.583. The Kier molecular flexibility index (Phi) is 3.19. The summed E-state index contributed by atoms with van der Waals surface area (Å²) in [5, 5.41) is 6.50. The van der Waals surface area contributed by atoms with Crippen LogP contribution in [0, 0.1) is 11.3 Å². The second-order valence-electron chi connectivity index (χ2n) is 5.56. The van der Waals surface area contributed by atoms with Crippen LogP contribution in [0.5, 0.6) is 0 Å². The predicted molar refractivity (Wildman–Crippen MR) is 69.6 cm³/mol. The van der Waals surface area contributed by atoms with Gasteiger partial charge < -0.3 is 5.32 Å². The van der Waals surface area contributed by atoms with Crippen molar-refractivity contribution >= 4 is 23.2 Å². The Hall–Kier alpha value is -1.36. The third-order valence-corrected chi connectivity index (χ3v) is 3.67. The van der Waals surface area contributed by atoms with E-state index in [-0.39, 0.29) is 28.0 Å². The minimum Gasteiger partial charge on any atom is -0.323 e. The zero-order chi connectivity index (χ0) is 13.5. The number of nitrogens with zero attached hydrogens (tertiary/aromatic N) is 2. The molecule has 18 heavy (non-hydrogen) atoms. The van der Waals surface area contributed by atoms with Gasteiger partial charge in [0.25, 0.3) is 5.56 Å². The number of hydrogen-bond donors (Lipinski definition) is 1. The highest BCUT2D eigenvalue weighted by Gasteiger charge is 2.40. The van der Waals surface area contributed by atoms with Crippen LogP contribution in [0.3, 0.4) is 0 Å². The lowest BCUT2D eigenvalue weighted by atomic mass is 9.64. The second kappa shape index (κ2) is 4.39. The molecule has 1 fully saturated rings. The van der Waals surface area contributed by atoms with Crippen LogP contribution in [0.25, 0.3) is 0 Å². The fourth-order valence-electron chi connectivity index (χ4n) is 2.29. The molecule has 1 aliphatic carbocycles. The molecule has 6 heteroatoms. The van der Waals surface area contributed by atoms with Crippen molar-refractivity contribution in [1.82, 2.24) is 9.78 Å². The van der Waals surface area contributed by atoms with E-state index in [1.807, 2.05) is 0 Å². The molecule has 1 heterocycles. The molecule has 0 atom stereocenters. The van der Waals surface area contributed by atoms with Gasteiger partial charge in [-0.25, -0.2) is 4.68 Å². The molecule has 0 aliphatic heterocycles. The van der Waals surface area contributed by atoms with Crippen LogP contribution < -0.4 is 10.9 Å². The Balaban J connectivity index is 2.09. The third kappa shape index (κ3) is 2.41. The van der Waals surface area contributed by atoms with Crippen LogP contribution in [0.2, 0.25) is 5.02 Å². The Morgan fingerprint density at radius 1 is 1.56 bits per heavy atom. The molecule has 0 unspecified atom stereocenters. The van der Waals surface area contributed by atoms with E-state index in [1.165, 1.54) is 13.2 Å². The van der Waals surface area contributed by atoms with E-state index >= 15 is 0 Å². The average Bonchev–Trinajstić information content (AvgIpc) is 2.26. The minimum atomic E-state index is -0.414. The normalized spacial score (nSPS) is 18.2. The molecule has 1 amide bonds. The number of aryl methyl sites for hydroxylation is 1. The predicted octanol–water partition coefficient (Wildman–Crippen LogP) is 1.81. The quantitative estimate of drug-likeness (QED) is 0.891. The smallest absolute Gasteiger partial charge is 0.287 e. The van der Waals surface area contributed by atoms with Crippen molar-refractivity contribution < 1.29 is 4.79 Å².